The van der Waals surface area contributed by atoms with Gasteiger partial charge in [0.15, 0.2) is 12.4 Å². The van der Waals surface area contributed by atoms with Crippen molar-refractivity contribution in [1.29, 1.82) is 0 Å². The Kier molecular flexibility index (Phi) is 4.99. The number of hydrogen-bond donors (Lipinski definition) is 0. The van der Waals surface area contributed by atoms with E-state index in [1.807, 2.05) is 0 Å². The highest BCUT2D eigenvalue weighted by molar-refractivity contribution is 6.30. The molecule has 3 rings (SSSR count). The smallest absolute Gasteiger partial charge is 0.345 e. The van der Waals surface area contributed by atoms with Gasteiger partial charge in [-0.2, -0.15) is 0 Å². The summed E-state index contributed by atoms with van der Waals surface area (Å²) in [6.07, 6.45) is 1.50. The standard InChI is InChI=1S/C18H13ClN2O5/c1-11-3-2-4-14(17(11)21(23)24)18(22)25-10-16-20-9-15(26-16)12-5-7-13(19)8-6-12/h2-9H,10H2,1H3. The molecule has 0 N–H and O–H groups in total. The number of hydrogen-bond acceptors (Lipinski definition) is 6. The minimum atomic E-state index is -0.813. The maximum atomic E-state index is 12.2. The highest BCUT2D eigenvalue weighted by atomic mass is 35.5. The Morgan fingerprint density at radius 3 is 2.69 bits per heavy atom. The van der Waals surface area contributed by atoms with Crippen LogP contribution >= 0.6 is 11.6 Å². The number of para-hydroxylation sites is 1. The molecule has 0 saturated carbocycles. The Balaban J connectivity index is 1.72. The van der Waals surface area contributed by atoms with Gasteiger partial charge in [-0.1, -0.05) is 23.7 Å². The zero-order valence-electron chi connectivity index (χ0n) is 13.6. The van der Waals surface area contributed by atoms with E-state index in [1.54, 1.807) is 43.3 Å². The monoisotopic (exact) mass is 372 g/mol. The molecule has 0 amide bonds. The van der Waals surface area contributed by atoms with Gasteiger partial charge in [-0.15, -0.1) is 0 Å². The van der Waals surface area contributed by atoms with E-state index in [-0.39, 0.29) is 23.7 Å². The minimum absolute atomic E-state index is 0.112. The number of oxazole rings is 1. The number of ether oxygens (including phenoxy) is 1. The molecule has 0 aliphatic rings. The summed E-state index contributed by atoms with van der Waals surface area (Å²) in [5.74, 6) is -0.139. The average Bonchev–Trinajstić information content (AvgIpc) is 3.08. The number of carbonyl (C=O) groups excluding carboxylic acids is 1. The third-order valence-electron chi connectivity index (χ3n) is 3.65. The predicted octanol–water partition coefficient (Wildman–Crippen LogP) is 4.57. The summed E-state index contributed by atoms with van der Waals surface area (Å²) < 4.78 is 10.6. The van der Waals surface area contributed by atoms with Gasteiger partial charge < -0.3 is 9.15 Å². The molecule has 0 radical (unpaired) electrons. The second kappa shape index (κ2) is 7.37. The van der Waals surface area contributed by atoms with E-state index in [9.17, 15) is 14.9 Å². The maximum absolute atomic E-state index is 12.2. The summed E-state index contributed by atoms with van der Waals surface area (Å²) >= 11 is 5.84. The highest BCUT2D eigenvalue weighted by Gasteiger charge is 2.24. The molecular weight excluding hydrogens is 360 g/mol. The molecule has 0 unspecified atom stereocenters. The van der Waals surface area contributed by atoms with E-state index < -0.39 is 10.9 Å². The molecule has 1 aromatic heterocycles. The fraction of sp³-hybridized carbons (Fsp3) is 0.111. The third kappa shape index (κ3) is 3.73. The molecule has 0 bridgehead atoms. The summed E-state index contributed by atoms with van der Waals surface area (Å²) in [5, 5.41) is 11.8. The number of carbonyl (C=O) groups is 1. The molecule has 0 fully saturated rings. The molecule has 0 spiro atoms. The lowest BCUT2D eigenvalue weighted by atomic mass is 10.1. The Morgan fingerprint density at radius 1 is 1.27 bits per heavy atom. The van der Waals surface area contributed by atoms with Crippen molar-refractivity contribution in [2.24, 2.45) is 0 Å². The fourth-order valence-electron chi connectivity index (χ4n) is 2.40. The number of rotatable bonds is 5. The molecular formula is C18H13ClN2O5. The van der Waals surface area contributed by atoms with E-state index in [2.05, 4.69) is 4.98 Å². The minimum Gasteiger partial charge on any atom is -0.452 e. The van der Waals surface area contributed by atoms with Gasteiger partial charge in [0.2, 0.25) is 5.89 Å². The molecule has 3 aromatic rings. The Bertz CT molecular complexity index is 966. The Hall–Kier alpha value is -3.19. The number of aryl methyl sites for hydroxylation is 1. The van der Waals surface area contributed by atoms with Crippen molar-refractivity contribution in [3.05, 3.63) is 80.8 Å². The summed E-state index contributed by atoms with van der Waals surface area (Å²) in [4.78, 5) is 26.8. The van der Waals surface area contributed by atoms with E-state index in [0.717, 1.165) is 5.56 Å². The molecule has 26 heavy (non-hydrogen) atoms. The van der Waals surface area contributed by atoms with E-state index >= 15 is 0 Å². The average molecular weight is 373 g/mol. The number of esters is 1. The van der Waals surface area contributed by atoms with Crippen LogP contribution in [-0.4, -0.2) is 15.9 Å². The highest BCUT2D eigenvalue weighted by Crippen LogP contribution is 2.25. The van der Waals surface area contributed by atoms with Gasteiger partial charge in [0.1, 0.15) is 5.56 Å². The molecule has 2 aromatic carbocycles. The third-order valence-corrected chi connectivity index (χ3v) is 3.90. The van der Waals surface area contributed by atoms with Crippen LogP contribution in [0, 0.1) is 17.0 Å². The lowest BCUT2D eigenvalue weighted by molar-refractivity contribution is -0.385. The molecule has 0 aliphatic heterocycles. The van der Waals surface area contributed by atoms with Gasteiger partial charge >= 0.3 is 5.97 Å². The Morgan fingerprint density at radius 2 is 2.00 bits per heavy atom. The molecule has 1 heterocycles. The summed E-state index contributed by atoms with van der Waals surface area (Å²) in [6.45, 7) is 1.32. The number of benzene rings is 2. The normalized spacial score (nSPS) is 10.5. The predicted molar refractivity (Wildman–Crippen MR) is 93.9 cm³/mol. The zero-order chi connectivity index (χ0) is 18.7. The van der Waals surface area contributed by atoms with E-state index in [4.69, 9.17) is 20.8 Å². The molecule has 8 heteroatoms. The number of halogens is 1. The Labute approximate surface area is 153 Å². The lowest BCUT2D eigenvalue weighted by Crippen LogP contribution is -2.09. The van der Waals surface area contributed by atoms with Gasteiger partial charge in [0.05, 0.1) is 11.1 Å². The van der Waals surface area contributed by atoms with Crippen LogP contribution in [0.4, 0.5) is 5.69 Å². The molecule has 0 saturated heterocycles. The SMILES string of the molecule is Cc1cccc(C(=O)OCc2ncc(-c3ccc(Cl)cc3)o2)c1[N+](=O)[O-]. The van der Waals surface area contributed by atoms with Crippen LogP contribution in [0.15, 0.2) is 53.1 Å². The van der Waals surface area contributed by atoms with Crippen LogP contribution in [0.3, 0.4) is 0 Å². The quantitative estimate of drug-likeness (QED) is 0.370. The van der Waals surface area contributed by atoms with Crippen LogP contribution in [-0.2, 0) is 11.3 Å². The first-order chi connectivity index (χ1) is 12.5. The van der Waals surface area contributed by atoms with Crippen molar-refractivity contribution in [1.82, 2.24) is 4.98 Å². The second-order valence-electron chi connectivity index (χ2n) is 5.43. The largest absolute Gasteiger partial charge is 0.452 e. The summed E-state index contributed by atoms with van der Waals surface area (Å²) in [7, 11) is 0. The van der Waals surface area contributed by atoms with Crippen LogP contribution in [0.25, 0.3) is 11.3 Å². The number of nitrogens with zero attached hydrogens (tertiary/aromatic N) is 2. The first-order valence-corrected chi connectivity index (χ1v) is 7.95. The van der Waals surface area contributed by atoms with Gasteiger partial charge in [-0.05, 0) is 37.3 Å². The lowest BCUT2D eigenvalue weighted by Gasteiger charge is -2.05. The van der Waals surface area contributed by atoms with Crippen molar-refractivity contribution in [3.8, 4) is 11.3 Å². The number of aromatic nitrogens is 1. The first kappa shape index (κ1) is 17.6. The number of nitro benzene ring substituents is 1. The van der Waals surface area contributed by atoms with E-state index in [1.165, 1.54) is 12.3 Å². The summed E-state index contributed by atoms with van der Waals surface area (Å²) in [6, 6.07) is 11.4. The number of nitro groups is 1. The van der Waals surface area contributed by atoms with Gasteiger partial charge in [-0.25, -0.2) is 9.78 Å². The van der Waals surface area contributed by atoms with E-state index in [0.29, 0.717) is 16.3 Å². The van der Waals surface area contributed by atoms with Crippen molar-refractivity contribution in [2.75, 3.05) is 0 Å². The molecule has 0 atom stereocenters. The van der Waals surface area contributed by atoms with Crippen molar-refractivity contribution < 1.29 is 18.9 Å². The first-order valence-electron chi connectivity index (χ1n) is 7.57. The van der Waals surface area contributed by atoms with Crippen molar-refractivity contribution >= 4 is 23.3 Å². The van der Waals surface area contributed by atoms with Crippen LogP contribution in [0.5, 0.6) is 0 Å². The van der Waals surface area contributed by atoms with Crippen LogP contribution in [0.2, 0.25) is 5.02 Å². The topological polar surface area (TPSA) is 95.5 Å². The molecule has 7 nitrogen and oxygen atoms in total. The van der Waals surface area contributed by atoms with Crippen molar-refractivity contribution in [2.45, 2.75) is 13.5 Å². The maximum Gasteiger partial charge on any atom is 0.345 e. The molecule has 132 valence electrons. The molecule has 0 aliphatic carbocycles. The van der Waals surface area contributed by atoms with Gasteiger partial charge in [-0.3, -0.25) is 10.1 Å². The van der Waals surface area contributed by atoms with Crippen molar-refractivity contribution in [3.63, 3.8) is 0 Å². The second-order valence-corrected chi connectivity index (χ2v) is 5.87. The van der Waals surface area contributed by atoms with Crippen LogP contribution < -0.4 is 0 Å². The van der Waals surface area contributed by atoms with Crippen LogP contribution in [0.1, 0.15) is 21.8 Å². The van der Waals surface area contributed by atoms with Gasteiger partial charge in [0, 0.05) is 16.1 Å². The zero-order valence-corrected chi connectivity index (χ0v) is 14.4. The summed E-state index contributed by atoms with van der Waals surface area (Å²) in [5.41, 5.74) is 0.769. The van der Waals surface area contributed by atoms with Gasteiger partial charge in [0.25, 0.3) is 5.69 Å². The fourth-order valence-corrected chi connectivity index (χ4v) is 2.52.